The van der Waals surface area contributed by atoms with Crippen molar-refractivity contribution in [1.82, 2.24) is 9.97 Å². The first-order valence-corrected chi connectivity index (χ1v) is 7.03. The highest BCUT2D eigenvalue weighted by molar-refractivity contribution is 5.76. The molecule has 1 fully saturated rings. The van der Waals surface area contributed by atoms with Crippen LogP contribution in [-0.2, 0) is 0 Å². The van der Waals surface area contributed by atoms with Crippen LogP contribution in [0.2, 0.25) is 0 Å². The highest BCUT2D eigenvalue weighted by Crippen LogP contribution is 2.38. The van der Waals surface area contributed by atoms with Gasteiger partial charge in [0.05, 0.1) is 16.7 Å². The zero-order chi connectivity index (χ0) is 13.5. The van der Waals surface area contributed by atoms with Crippen LogP contribution in [0.25, 0.3) is 11.0 Å². The number of hydrogen-bond acceptors (Lipinski definition) is 3. The van der Waals surface area contributed by atoms with Gasteiger partial charge >= 0.3 is 0 Å². The van der Waals surface area contributed by atoms with Crippen molar-refractivity contribution < 1.29 is 0 Å². The van der Waals surface area contributed by atoms with E-state index in [0.29, 0.717) is 11.5 Å². The van der Waals surface area contributed by atoms with Crippen molar-refractivity contribution in [2.75, 3.05) is 5.32 Å². The summed E-state index contributed by atoms with van der Waals surface area (Å²) in [5.41, 5.74) is 3.38. The first-order valence-electron chi connectivity index (χ1n) is 7.03. The summed E-state index contributed by atoms with van der Waals surface area (Å²) in [4.78, 5) is 9.34. The van der Waals surface area contributed by atoms with E-state index in [1.165, 1.54) is 19.3 Å². The Morgan fingerprint density at radius 1 is 1.16 bits per heavy atom. The molecule has 2 aromatic rings. The van der Waals surface area contributed by atoms with Crippen molar-refractivity contribution in [1.29, 1.82) is 0 Å². The average Bonchev–Trinajstić information content (AvgIpc) is 2.70. The third-order valence-corrected chi connectivity index (χ3v) is 4.05. The van der Waals surface area contributed by atoms with Gasteiger partial charge < -0.3 is 5.32 Å². The molecule has 1 atom stereocenters. The molecular weight excluding hydrogens is 234 g/mol. The summed E-state index contributed by atoms with van der Waals surface area (Å²) < 4.78 is 0. The van der Waals surface area contributed by atoms with Crippen LogP contribution in [-0.4, -0.2) is 16.0 Å². The first-order chi connectivity index (χ1) is 9.03. The summed E-state index contributed by atoms with van der Waals surface area (Å²) in [5, 5.41) is 3.58. The smallest absolute Gasteiger partial charge is 0.148 e. The van der Waals surface area contributed by atoms with E-state index in [4.69, 9.17) is 4.98 Å². The Morgan fingerprint density at radius 2 is 1.84 bits per heavy atom. The molecule has 19 heavy (non-hydrogen) atoms. The molecule has 3 rings (SSSR count). The maximum absolute atomic E-state index is 4.71. The zero-order valence-electron chi connectivity index (χ0n) is 11.9. The molecule has 0 saturated heterocycles. The van der Waals surface area contributed by atoms with E-state index in [-0.39, 0.29) is 0 Å². The van der Waals surface area contributed by atoms with E-state index in [1.807, 2.05) is 31.2 Å². The lowest BCUT2D eigenvalue weighted by atomic mass is 9.92. The molecule has 1 heterocycles. The molecule has 100 valence electrons. The van der Waals surface area contributed by atoms with Gasteiger partial charge in [0.25, 0.3) is 0 Å². The van der Waals surface area contributed by atoms with Gasteiger partial charge in [-0.3, -0.25) is 0 Å². The summed E-state index contributed by atoms with van der Waals surface area (Å²) >= 11 is 0. The highest BCUT2D eigenvalue weighted by atomic mass is 15.0. The second-order valence-electron chi connectivity index (χ2n) is 6.39. The van der Waals surface area contributed by atoms with Gasteiger partial charge in [-0.2, -0.15) is 0 Å². The maximum Gasteiger partial charge on any atom is 0.148 e. The van der Waals surface area contributed by atoms with Gasteiger partial charge in [0.2, 0.25) is 0 Å². The van der Waals surface area contributed by atoms with Crippen molar-refractivity contribution >= 4 is 16.9 Å². The van der Waals surface area contributed by atoms with Gasteiger partial charge in [0, 0.05) is 6.04 Å². The lowest BCUT2D eigenvalue weighted by Crippen LogP contribution is -2.19. The Morgan fingerprint density at radius 3 is 2.47 bits per heavy atom. The minimum absolute atomic E-state index is 0.454. The monoisotopic (exact) mass is 255 g/mol. The number of para-hydroxylation sites is 2. The molecule has 1 aliphatic carbocycles. The van der Waals surface area contributed by atoms with Gasteiger partial charge in [0.15, 0.2) is 0 Å². The van der Waals surface area contributed by atoms with E-state index in [2.05, 4.69) is 24.1 Å². The van der Waals surface area contributed by atoms with E-state index >= 15 is 0 Å². The van der Waals surface area contributed by atoms with Crippen LogP contribution in [0.4, 0.5) is 5.82 Å². The SMILES string of the molecule is Cc1nc2ccccc2nc1NC1CCC(C)(C)C1. The van der Waals surface area contributed by atoms with Gasteiger partial charge in [-0.1, -0.05) is 26.0 Å². The summed E-state index contributed by atoms with van der Waals surface area (Å²) in [7, 11) is 0. The number of anilines is 1. The number of rotatable bonds is 2. The van der Waals surface area contributed by atoms with Crippen molar-refractivity contribution in [2.24, 2.45) is 5.41 Å². The average molecular weight is 255 g/mol. The van der Waals surface area contributed by atoms with Crippen LogP contribution in [0.15, 0.2) is 24.3 Å². The number of nitrogens with zero attached hydrogens (tertiary/aromatic N) is 2. The summed E-state index contributed by atoms with van der Waals surface area (Å²) in [6, 6.07) is 8.57. The van der Waals surface area contributed by atoms with Crippen LogP contribution in [0.1, 0.15) is 38.8 Å². The molecule has 3 heteroatoms. The molecule has 1 aromatic heterocycles. The Bertz CT molecular complexity index is 604. The Kier molecular flexibility index (Phi) is 2.92. The van der Waals surface area contributed by atoms with Gasteiger partial charge in [-0.05, 0) is 43.7 Å². The van der Waals surface area contributed by atoms with Crippen molar-refractivity contribution in [3.63, 3.8) is 0 Å². The lowest BCUT2D eigenvalue weighted by Gasteiger charge is -2.19. The lowest BCUT2D eigenvalue weighted by molar-refractivity contribution is 0.378. The van der Waals surface area contributed by atoms with E-state index in [0.717, 1.165) is 22.5 Å². The van der Waals surface area contributed by atoms with E-state index in [9.17, 15) is 0 Å². The fourth-order valence-corrected chi connectivity index (χ4v) is 2.98. The maximum atomic E-state index is 4.71. The highest BCUT2D eigenvalue weighted by Gasteiger charge is 2.31. The van der Waals surface area contributed by atoms with Gasteiger partial charge in [-0.15, -0.1) is 0 Å². The third kappa shape index (κ3) is 2.55. The second kappa shape index (κ2) is 4.48. The molecular formula is C16H21N3. The molecule has 3 nitrogen and oxygen atoms in total. The molecule has 1 aliphatic rings. The predicted molar refractivity (Wildman–Crippen MR) is 79.3 cm³/mol. The van der Waals surface area contributed by atoms with Gasteiger partial charge in [-0.25, -0.2) is 9.97 Å². The van der Waals surface area contributed by atoms with Crippen molar-refractivity contribution in [2.45, 2.75) is 46.1 Å². The van der Waals surface area contributed by atoms with Crippen molar-refractivity contribution in [3.8, 4) is 0 Å². The Hall–Kier alpha value is -1.64. The number of fused-ring (bicyclic) bond motifs is 1. The molecule has 0 spiro atoms. The first kappa shape index (κ1) is 12.4. The minimum Gasteiger partial charge on any atom is -0.366 e. The molecule has 0 bridgehead atoms. The predicted octanol–water partition coefficient (Wildman–Crippen LogP) is 3.93. The van der Waals surface area contributed by atoms with Crippen LogP contribution in [0.3, 0.4) is 0 Å². The third-order valence-electron chi connectivity index (χ3n) is 4.05. The molecule has 1 N–H and O–H groups in total. The van der Waals surface area contributed by atoms with Gasteiger partial charge in [0.1, 0.15) is 5.82 Å². The fourth-order valence-electron chi connectivity index (χ4n) is 2.98. The summed E-state index contributed by atoms with van der Waals surface area (Å²) in [5.74, 6) is 0.946. The summed E-state index contributed by atoms with van der Waals surface area (Å²) in [6.07, 6.45) is 3.71. The van der Waals surface area contributed by atoms with Crippen LogP contribution >= 0.6 is 0 Å². The number of hydrogen-bond donors (Lipinski definition) is 1. The second-order valence-corrected chi connectivity index (χ2v) is 6.39. The quantitative estimate of drug-likeness (QED) is 0.883. The molecule has 0 amide bonds. The number of aryl methyl sites for hydroxylation is 1. The zero-order valence-corrected chi connectivity index (χ0v) is 11.9. The largest absolute Gasteiger partial charge is 0.366 e. The molecule has 0 radical (unpaired) electrons. The Balaban J connectivity index is 1.87. The number of benzene rings is 1. The summed E-state index contributed by atoms with van der Waals surface area (Å²) in [6.45, 7) is 6.71. The van der Waals surface area contributed by atoms with E-state index in [1.54, 1.807) is 0 Å². The standard InChI is InChI=1S/C16H21N3/c1-11-15(18-12-8-9-16(2,3)10-12)19-14-7-5-4-6-13(14)17-11/h4-7,12H,8-10H2,1-3H3,(H,18,19). The number of nitrogens with one attached hydrogen (secondary N) is 1. The normalized spacial score (nSPS) is 21.7. The molecule has 0 aliphatic heterocycles. The fraction of sp³-hybridized carbons (Fsp3) is 0.500. The molecule has 1 saturated carbocycles. The minimum atomic E-state index is 0.454. The number of aromatic nitrogens is 2. The van der Waals surface area contributed by atoms with Crippen LogP contribution in [0, 0.1) is 12.3 Å². The van der Waals surface area contributed by atoms with Crippen LogP contribution in [0.5, 0.6) is 0 Å². The topological polar surface area (TPSA) is 37.8 Å². The Labute approximate surface area is 114 Å². The van der Waals surface area contributed by atoms with Crippen molar-refractivity contribution in [3.05, 3.63) is 30.0 Å². The van der Waals surface area contributed by atoms with Crippen LogP contribution < -0.4 is 5.32 Å². The molecule has 1 unspecified atom stereocenters. The van der Waals surface area contributed by atoms with E-state index < -0.39 is 0 Å². The molecule has 1 aromatic carbocycles.